The fraction of sp³-hybridized carbons (Fsp3) is 0.778. The van der Waals surface area contributed by atoms with Crippen LogP contribution in [-0.4, -0.2) is 85.8 Å². The minimum atomic E-state index is 0.0646. The molecule has 25 heavy (non-hydrogen) atoms. The van der Waals surface area contributed by atoms with Gasteiger partial charge in [0.1, 0.15) is 11.9 Å². The Bertz CT molecular complexity index is 573. The lowest BCUT2D eigenvalue weighted by atomic mass is 10.0. The van der Waals surface area contributed by atoms with Crippen LogP contribution in [0.2, 0.25) is 0 Å². The highest BCUT2D eigenvalue weighted by Crippen LogP contribution is 2.29. The van der Waals surface area contributed by atoms with Gasteiger partial charge in [0.25, 0.3) is 0 Å². The number of ether oxygens (including phenoxy) is 1. The van der Waals surface area contributed by atoms with Crippen molar-refractivity contribution in [1.82, 2.24) is 25.1 Å². The van der Waals surface area contributed by atoms with Gasteiger partial charge >= 0.3 is 6.01 Å². The summed E-state index contributed by atoms with van der Waals surface area (Å²) in [6, 6.07) is 0.527. The highest BCUT2D eigenvalue weighted by Gasteiger charge is 2.26. The standard InChI is InChI=1S/C18H32N6O/c1-5-23-9-6-15-16(13-23)20-18(25-14(2)12-22(3)4)21-17(15)24-10-7-19-8-11-24/h14,19H,5-13H2,1-4H3/t14-/m0/s1. The molecule has 1 aromatic rings. The highest BCUT2D eigenvalue weighted by atomic mass is 16.5. The molecule has 140 valence electrons. The molecular weight excluding hydrogens is 316 g/mol. The van der Waals surface area contributed by atoms with Crippen LogP contribution in [0.25, 0.3) is 0 Å². The molecule has 0 radical (unpaired) electrons. The Kier molecular flexibility index (Phi) is 6.09. The van der Waals surface area contributed by atoms with Gasteiger partial charge in [-0.15, -0.1) is 0 Å². The van der Waals surface area contributed by atoms with Crippen molar-refractivity contribution in [2.24, 2.45) is 0 Å². The maximum Gasteiger partial charge on any atom is 0.318 e. The molecule has 1 atom stereocenters. The van der Waals surface area contributed by atoms with E-state index in [4.69, 9.17) is 14.7 Å². The van der Waals surface area contributed by atoms with Crippen LogP contribution in [0.15, 0.2) is 0 Å². The Morgan fingerprint density at radius 2 is 1.96 bits per heavy atom. The molecule has 1 saturated heterocycles. The van der Waals surface area contributed by atoms with E-state index in [0.29, 0.717) is 6.01 Å². The molecule has 0 unspecified atom stereocenters. The maximum absolute atomic E-state index is 6.07. The number of piperazine rings is 1. The van der Waals surface area contributed by atoms with Gasteiger partial charge in [0, 0.05) is 51.4 Å². The Morgan fingerprint density at radius 3 is 2.64 bits per heavy atom. The Balaban J connectivity index is 1.88. The third-order valence-corrected chi connectivity index (χ3v) is 4.89. The second-order valence-corrected chi connectivity index (χ2v) is 7.30. The molecule has 1 aromatic heterocycles. The molecule has 0 aliphatic carbocycles. The molecule has 3 rings (SSSR count). The molecule has 2 aliphatic heterocycles. The van der Waals surface area contributed by atoms with Gasteiger partial charge in [-0.25, -0.2) is 0 Å². The molecule has 0 saturated carbocycles. The van der Waals surface area contributed by atoms with Crippen molar-refractivity contribution >= 4 is 5.82 Å². The molecule has 1 N–H and O–H groups in total. The molecule has 0 aromatic carbocycles. The van der Waals surface area contributed by atoms with Crippen molar-refractivity contribution in [3.63, 3.8) is 0 Å². The van der Waals surface area contributed by atoms with Crippen LogP contribution in [-0.2, 0) is 13.0 Å². The van der Waals surface area contributed by atoms with Crippen molar-refractivity contribution in [3.05, 3.63) is 11.3 Å². The van der Waals surface area contributed by atoms with Crippen molar-refractivity contribution in [2.75, 3.05) is 64.8 Å². The van der Waals surface area contributed by atoms with E-state index in [0.717, 1.165) is 70.3 Å². The van der Waals surface area contributed by atoms with Crippen LogP contribution in [0.5, 0.6) is 6.01 Å². The first-order chi connectivity index (χ1) is 12.1. The highest BCUT2D eigenvalue weighted by molar-refractivity contribution is 5.51. The normalized spacial score (nSPS) is 19.8. The topological polar surface area (TPSA) is 56.8 Å². The summed E-state index contributed by atoms with van der Waals surface area (Å²) in [4.78, 5) is 16.6. The van der Waals surface area contributed by atoms with Gasteiger partial charge in [-0.3, -0.25) is 4.90 Å². The van der Waals surface area contributed by atoms with Crippen molar-refractivity contribution in [3.8, 4) is 6.01 Å². The zero-order chi connectivity index (χ0) is 17.8. The summed E-state index contributed by atoms with van der Waals surface area (Å²) in [5.41, 5.74) is 2.46. The average molecular weight is 348 g/mol. The summed E-state index contributed by atoms with van der Waals surface area (Å²) in [7, 11) is 4.11. The summed E-state index contributed by atoms with van der Waals surface area (Å²) in [6.45, 7) is 12.2. The number of nitrogens with zero attached hydrogens (tertiary/aromatic N) is 5. The molecule has 2 aliphatic rings. The first-order valence-electron chi connectivity index (χ1n) is 9.46. The number of hydrogen-bond acceptors (Lipinski definition) is 7. The molecule has 3 heterocycles. The number of likely N-dealkylation sites (N-methyl/N-ethyl adjacent to an activating group) is 2. The lowest BCUT2D eigenvalue weighted by Crippen LogP contribution is -2.45. The Morgan fingerprint density at radius 1 is 1.20 bits per heavy atom. The van der Waals surface area contributed by atoms with Crippen molar-refractivity contribution in [2.45, 2.75) is 32.9 Å². The van der Waals surface area contributed by atoms with Crippen LogP contribution >= 0.6 is 0 Å². The Labute approximate surface area is 151 Å². The van der Waals surface area contributed by atoms with Crippen LogP contribution in [0.3, 0.4) is 0 Å². The van der Waals surface area contributed by atoms with E-state index in [-0.39, 0.29) is 6.10 Å². The summed E-state index contributed by atoms with van der Waals surface area (Å²) in [5, 5.41) is 3.42. The largest absolute Gasteiger partial charge is 0.459 e. The summed E-state index contributed by atoms with van der Waals surface area (Å²) in [5.74, 6) is 1.09. The molecule has 0 amide bonds. The smallest absolute Gasteiger partial charge is 0.318 e. The number of nitrogens with one attached hydrogen (secondary N) is 1. The number of aromatic nitrogens is 2. The molecule has 0 bridgehead atoms. The lowest BCUT2D eigenvalue weighted by molar-refractivity contribution is 0.161. The lowest BCUT2D eigenvalue weighted by Gasteiger charge is -2.34. The van der Waals surface area contributed by atoms with E-state index in [2.05, 4.69) is 48.0 Å². The van der Waals surface area contributed by atoms with Crippen LogP contribution in [0, 0.1) is 0 Å². The van der Waals surface area contributed by atoms with Gasteiger partial charge in [0.05, 0.1) is 5.69 Å². The summed E-state index contributed by atoms with van der Waals surface area (Å²) >= 11 is 0. The van der Waals surface area contributed by atoms with E-state index in [1.54, 1.807) is 0 Å². The van der Waals surface area contributed by atoms with Crippen LogP contribution in [0.1, 0.15) is 25.1 Å². The monoisotopic (exact) mass is 348 g/mol. The number of fused-ring (bicyclic) bond motifs is 1. The quantitative estimate of drug-likeness (QED) is 0.808. The fourth-order valence-corrected chi connectivity index (χ4v) is 3.63. The van der Waals surface area contributed by atoms with Crippen LogP contribution < -0.4 is 15.0 Å². The van der Waals surface area contributed by atoms with E-state index in [1.807, 2.05) is 0 Å². The zero-order valence-electron chi connectivity index (χ0n) is 16.1. The second-order valence-electron chi connectivity index (χ2n) is 7.30. The number of hydrogen-bond donors (Lipinski definition) is 1. The van der Waals surface area contributed by atoms with Gasteiger partial charge in [0.15, 0.2) is 0 Å². The first-order valence-corrected chi connectivity index (χ1v) is 9.46. The predicted molar refractivity (Wildman–Crippen MR) is 100 cm³/mol. The zero-order valence-corrected chi connectivity index (χ0v) is 16.1. The van der Waals surface area contributed by atoms with Gasteiger partial charge < -0.3 is 19.9 Å². The van der Waals surface area contributed by atoms with Gasteiger partial charge in [-0.05, 0) is 34.0 Å². The Hall–Kier alpha value is -1.44. The van der Waals surface area contributed by atoms with E-state index < -0.39 is 0 Å². The SMILES string of the molecule is CCN1CCc2c(nc(O[C@@H](C)CN(C)C)nc2N2CCNCC2)C1. The van der Waals surface area contributed by atoms with Crippen molar-refractivity contribution < 1.29 is 4.74 Å². The summed E-state index contributed by atoms with van der Waals surface area (Å²) < 4.78 is 6.07. The second kappa shape index (κ2) is 8.29. The van der Waals surface area contributed by atoms with E-state index in [1.165, 1.54) is 5.56 Å². The van der Waals surface area contributed by atoms with Gasteiger partial charge in [-0.2, -0.15) is 9.97 Å². The van der Waals surface area contributed by atoms with E-state index >= 15 is 0 Å². The predicted octanol–water partition coefficient (Wildman–Crippen LogP) is 0.593. The molecule has 7 nitrogen and oxygen atoms in total. The third kappa shape index (κ3) is 4.59. The van der Waals surface area contributed by atoms with E-state index in [9.17, 15) is 0 Å². The van der Waals surface area contributed by atoms with Crippen molar-refractivity contribution in [1.29, 1.82) is 0 Å². The minimum absolute atomic E-state index is 0.0646. The first kappa shape index (κ1) is 18.4. The van der Waals surface area contributed by atoms with Gasteiger partial charge in [0.2, 0.25) is 0 Å². The third-order valence-electron chi connectivity index (χ3n) is 4.89. The average Bonchev–Trinajstić information content (AvgIpc) is 2.60. The maximum atomic E-state index is 6.07. The summed E-state index contributed by atoms with van der Waals surface area (Å²) in [6.07, 6.45) is 1.09. The molecule has 7 heteroatoms. The minimum Gasteiger partial charge on any atom is -0.459 e. The molecular formula is C18H32N6O. The fourth-order valence-electron chi connectivity index (χ4n) is 3.63. The van der Waals surface area contributed by atoms with Gasteiger partial charge in [-0.1, -0.05) is 6.92 Å². The van der Waals surface area contributed by atoms with Crippen LogP contribution in [0.4, 0.5) is 5.82 Å². The molecule has 1 fully saturated rings. The molecule has 0 spiro atoms. The number of rotatable bonds is 6. The number of anilines is 1.